The maximum Gasteiger partial charge on any atom is 0.228 e. The van der Waals surface area contributed by atoms with Crippen LogP contribution in [-0.2, 0) is 17.4 Å². The first-order valence-electron chi connectivity index (χ1n) is 10.4. The van der Waals surface area contributed by atoms with Gasteiger partial charge in [-0.2, -0.15) is 5.10 Å². The minimum absolute atomic E-state index is 0.0670. The molecular formula is C24H25F2N3O2. The quantitative estimate of drug-likeness (QED) is 0.592. The number of halogens is 2. The van der Waals surface area contributed by atoms with Crippen LogP contribution in [0.2, 0.25) is 0 Å². The normalized spacial score (nSPS) is 15.9. The number of nitrogens with one attached hydrogen (secondary N) is 1. The number of carbonyl (C=O) groups is 1. The summed E-state index contributed by atoms with van der Waals surface area (Å²) in [6.45, 7) is 1.42. The lowest BCUT2D eigenvalue weighted by Crippen LogP contribution is -2.30. The summed E-state index contributed by atoms with van der Waals surface area (Å²) in [6, 6.07) is 12.1. The second-order valence-electron chi connectivity index (χ2n) is 8.35. The molecule has 3 aromatic rings. The van der Waals surface area contributed by atoms with E-state index in [9.17, 15) is 18.7 Å². The van der Waals surface area contributed by atoms with Crippen molar-refractivity contribution in [1.29, 1.82) is 0 Å². The van der Waals surface area contributed by atoms with E-state index < -0.39 is 17.3 Å². The van der Waals surface area contributed by atoms with Gasteiger partial charge >= 0.3 is 0 Å². The van der Waals surface area contributed by atoms with Gasteiger partial charge in [0.2, 0.25) is 5.91 Å². The summed E-state index contributed by atoms with van der Waals surface area (Å²) in [6.07, 6.45) is 2.74. The van der Waals surface area contributed by atoms with Gasteiger partial charge in [-0.25, -0.2) is 8.78 Å². The van der Waals surface area contributed by atoms with E-state index in [4.69, 9.17) is 0 Å². The molecule has 1 heterocycles. The predicted octanol–water partition coefficient (Wildman–Crippen LogP) is 4.87. The molecule has 1 saturated carbocycles. The van der Waals surface area contributed by atoms with Crippen LogP contribution in [0.15, 0.2) is 48.5 Å². The molecule has 1 atom stereocenters. The summed E-state index contributed by atoms with van der Waals surface area (Å²) in [7, 11) is 1.78. The number of aliphatic hydroxyl groups is 1. The molecule has 1 aliphatic rings. The van der Waals surface area contributed by atoms with Crippen molar-refractivity contribution in [3.8, 4) is 11.3 Å². The molecule has 1 aromatic heterocycles. The highest BCUT2D eigenvalue weighted by atomic mass is 19.1. The molecule has 1 aliphatic carbocycles. The first-order chi connectivity index (χ1) is 14.8. The monoisotopic (exact) mass is 425 g/mol. The third-order valence-electron chi connectivity index (χ3n) is 5.93. The second-order valence-corrected chi connectivity index (χ2v) is 8.35. The van der Waals surface area contributed by atoms with E-state index in [0.717, 1.165) is 36.1 Å². The fraction of sp³-hybridized carbons (Fsp3) is 0.333. The Labute approximate surface area is 179 Å². The van der Waals surface area contributed by atoms with Crippen LogP contribution in [0.1, 0.15) is 49.7 Å². The Morgan fingerprint density at radius 1 is 1.19 bits per heavy atom. The van der Waals surface area contributed by atoms with Crippen LogP contribution >= 0.6 is 0 Å². The van der Waals surface area contributed by atoms with Crippen molar-refractivity contribution < 1.29 is 18.7 Å². The van der Waals surface area contributed by atoms with Crippen LogP contribution in [0.25, 0.3) is 11.3 Å². The largest absolute Gasteiger partial charge is 0.385 e. The summed E-state index contributed by atoms with van der Waals surface area (Å²) in [5.41, 5.74) is 0.968. The lowest BCUT2D eigenvalue weighted by Gasteiger charge is -2.27. The highest BCUT2D eigenvalue weighted by Crippen LogP contribution is 2.44. The number of nitrogens with zero attached hydrogens (tertiary/aromatic N) is 2. The van der Waals surface area contributed by atoms with Crippen molar-refractivity contribution in [2.75, 3.05) is 5.32 Å². The van der Waals surface area contributed by atoms with Crippen molar-refractivity contribution in [2.45, 2.75) is 44.1 Å². The zero-order chi connectivity index (χ0) is 22.2. The van der Waals surface area contributed by atoms with Gasteiger partial charge < -0.3 is 10.4 Å². The van der Waals surface area contributed by atoms with Crippen LogP contribution in [-0.4, -0.2) is 20.8 Å². The number of anilines is 1. The van der Waals surface area contributed by atoms with Crippen LogP contribution < -0.4 is 5.32 Å². The minimum Gasteiger partial charge on any atom is -0.385 e. The molecular weight excluding hydrogens is 400 g/mol. The van der Waals surface area contributed by atoms with Gasteiger partial charge in [-0.15, -0.1) is 0 Å². The number of amides is 1. The average molecular weight is 425 g/mol. The Morgan fingerprint density at radius 3 is 2.48 bits per heavy atom. The first kappa shape index (κ1) is 21.2. The SMILES string of the molecule is Cn1nc(NC(=O)CC(C)(O)c2ccccc2F)c(C2CCC2)c1-c1ccc(F)cc1. The molecule has 7 heteroatoms. The fourth-order valence-corrected chi connectivity index (χ4v) is 4.15. The van der Waals surface area contributed by atoms with Crippen LogP contribution in [0.4, 0.5) is 14.6 Å². The molecule has 0 spiro atoms. The Morgan fingerprint density at radius 2 is 1.87 bits per heavy atom. The van der Waals surface area contributed by atoms with Crippen molar-refractivity contribution in [2.24, 2.45) is 7.05 Å². The zero-order valence-corrected chi connectivity index (χ0v) is 17.5. The Bertz CT molecular complexity index is 1100. The molecule has 0 aliphatic heterocycles. The lowest BCUT2D eigenvalue weighted by atomic mass is 9.79. The smallest absolute Gasteiger partial charge is 0.228 e. The van der Waals surface area contributed by atoms with Gasteiger partial charge in [-0.1, -0.05) is 24.6 Å². The molecule has 31 heavy (non-hydrogen) atoms. The van der Waals surface area contributed by atoms with Crippen molar-refractivity contribution in [1.82, 2.24) is 9.78 Å². The second kappa shape index (κ2) is 8.23. The van der Waals surface area contributed by atoms with Crippen molar-refractivity contribution in [3.05, 3.63) is 71.3 Å². The number of hydrogen-bond donors (Lipinski definition) is 2. The molecule has 2 aromatic carbocycles. The average Bonchev–Trinajstić information content (AvgIpc) is 2.96. The molecule has 162 valence electrons. The van der Waals surface area contributed by atoms with E-state index >= 15 is 0 Å². The lowest BCUT2D eigenvalue weighted by molar-refractivity contribution is -0.120. The van der Waals surface area contributed by atoms with Crippen molar-refractivity contribution >= 4 is 11.7 Å². The molecule has 2 N–H and O–H groups in total. The van der Waals surface area contributed by atoms with E-state index in [1.807, 2.05) is 0 Å². The number of benzene rings is 2. The summed E-state index contributed by atoms with van der Waals surface area (Å²) < 4.78 is 29.2. The maximum absolute atomic E-state index is 14.1. The maximum atomic E-state index is 14.1. The third-order valence-corrected chi connectivity index (χ3v) is 5.93. The van der Waals surface area contributed by atoms with Crippen LogP contribution in [0.3, 0.4) is 0 Å². The van der Waals surface area contributed by atoms with Gasteiger partial charge in [0.05, 0.1) is 17.7 Å². The van der Waals surface area contributed by atoms with Crippen molar-refractivity contribution in [3.63, 3.8) is 0 Å². The number of rotatable bonds is 6. The Kier molecular flexibility index (Phi) is 5.62. The van der Waals surface area contributed by atoms with E-state index in [0.29, 0.717) is 5.82 Å². The van der Waals surface area contributed by atoms with Gasteiger partial charge in [0.25, 0.3) is 0 Å². The van der Waals surface area contributed by atoms with Gasteiger partial charge in [-0.3, -0.25) is 9.48 Å². The predicted molar refractivity (Wildman–Crippen MR) is 114 cm³/mol. The van der Waals surface area contributed by atoms with Crippen LogP contribution in [0, 0.1) is 11.6 Å². The van der Waals surface area contributed by atoms with Gasteiger partial charge in [-0.05, 0) is 56.0 Å². The fourth-order valence-electron chi connectivity index (χ4n) is 4.15. The van der Waals surface area contributed by atoms with E-state index in [1.165, 1.54) is 37.3 Å². The molecule has 1 unspecified atom stereocenters. The zero-order valence-electron chi connectivity index (χ0n) is 17.5. The first-order valence-corrected chi connectivity index (χ1v) is 10.4. The highest BCUT2D eigenvalue weighted by Gasteiger charge is 2.33. The van der Waals surface area contributed by atoms with Gasteiger partial charge in [0.15, 0.2) is 5.82 Å². The summed E-state index contributed by atoms with van der Waals surface area (Å²) in [5, 5.41) is 18.1. The standard InChI is InChI=1S/C24H25F2N3O2/c1-24(31,18-8-3-4-9-19(18)26)14-20(30)27-23-21(15-6-5-7-15)22(29(2)28-23)16-10-12-17(25)13-11-16/h3-4,8-13,15,31H,5-7,14H2,1-2H3,(H,27,28,30). The Hall–Kier alpha value is -3.06. The van der Waals surface area contributed by atoms with Crippen LogP contribution in [0.5, 0.6) is 0 Å². The summed E-state index contributed by atoms with van der Waals surface area (Å²) in [5.74, 6) is -0.665. The number of aryl methyl sites for hydroxylation is 1. The topological polar surface area (TPSA) is 67.2 Å². The molecule has 5 nitrogen and oxygen atoms in total. The number of hydrogen-bond acceptors (Lipinski definition) is 3. The molecule has 0 radical (unpaired) electrons. The molecule has 0 saturated heterocycles. The third kappa shape index (κ3) is 4.23. The minimum atomic E-state index is -1.67. The van der Waals surface area contributed by atoms with Gasteiger partial charge in [0, 0.05) is 23.7 Å². The molecule has 1 amide bonds. The molecule has 1 fully saturated rings. The van der Waals surface area contributed by atoms with E-state index in [1.54, 1.807) is 29.9 Å². The molecule has 0 bridgehead atoms. The summed E-state index contributed by atoms with van der Waals surface area (Å²) in [4.78, 5) is 12.8. The number of aromatic nitrogens is 2. The molecule has 4 rings (SSSR count). The number of carbonyl (C=O) groups excluding carboxylic acids is 1. The van der Waals surface area contributed by atoms with E-state index in [-0.39, 0.29) is 23.7 Å². The Balaban J connectivity index is 1.62. The summed E-state index contributed by atoms with van der Waals surface area (Å²) >= 11 is 0. The van der Waals surface area contributed by atoms with E-state index in [2.05, 4.69) is 10.4 Å². The van der Waals surface area contributed by atoms with Gasteiger partial charge in [0.1, 0.15) is 11.6 Å². The highest BCUT2D eigenvalue weighted by molar-refractivity contribution is 5.92.